The van der Waals surface area contributed by atoms with E-state index in [-0.39, 0.29) is 12.6 Å². The molecule has 0 bridgehead atoms. The van der Waals surface area contributed by atoms with Gasteiger partial charge in [-0.3, -0.25) is 4.79 Å². The first-order valence-corrected chi connectivity index (χ1v) is 11.2. The third-order valence-electron chi connectivity index (χ3n) is 5.65. The van der Waals surface area contributed by atoms with Crippen LogP contribution in [0.3, 0.4) is 0 Å². The van der Waals surface area contributed by atoms with E-state index in [0.717, 1.165) is 31.6 Å². The van der Waals surface area contributed by atoms with Crippen LogP contribution in [0.15, 0.2) is 48.7 Å². The number of nitrogens with one attached hydrogen (secondary N) is 3. The summed E-state index contributed by atoms with van der Waals surface area (Å²) in [6, 6.07) is 13.3. The third kappa shape index (κ3) is 5.58. The first-order chi connectivity index (χ1) is 16.1. The second-order valence-electron chi connectivity index (χ2n) is 7.78. The third-order valence-corrected chi connectivity index (χ3v) is 5.93. The lowest BCUT2D eigenvalue weighted by atomic mass is 10.0. The maximum Gasteiger partial charge on any atom is 0.253 e. The molecule has 0 radical (unpaired) electrons. The number of benzene rings is 2. The molecule has 0 aliphatic carbocycles. The molecule has 7 nitrogen and oxygen atoms in total. The largest absolute Gasteiger partial charge is 0.355 e. The van der Waals surface area contributed by atoms with Crippen molar-refractivity contribution in [2.75, 3.05) is 44.0 Å². The summed E-state index contributed by atoms with van der Waals surface area (Å²) in [7, 11) is 1.58. The van der Waals surface area contributed by atoms with Gasteiger partial charge in [-0.1, -0.05) is 29.8 Å². The number of halogens is 2. The Morgan fingerprint density at radius 3 is 2.70 bits per heavy atom. The summed E-state index contributed by atoms with van der Waals surface area (Å²) in [6.07, 6.45) is 3.29. The van der Waals surface area contributed by atoms with Crippen LogP contribution in [0, 0.1) is 0 Å². The predicted molar refractivity (Wildman–Crippen MR) is 130 cm³/mol. The summed E-state index contributed by atoms with van der Waals surface area (Å²) in [5.74, 6) is 0.561. The molecule has 3 aromatic rings. The fraction of sp³-hybridized carbons (Fsp3) is 0.292. The maximum absolute atomic E-state index is 12.7. The first-order valence-electron chi connectivity index (χ1n) is 10.8. The Balaban J connectivity index is 1.52. The number of nitrogens with zero attached hydrogens (tertiary/aromatic N) is 3. The highest BCUT2D eigenvalue weighted by molar-refractivity contribution is 6.33. The molecule has 3 N–H and O–H groups in total. The van der Waals surface area contributed by atoms with Crippen LogP contribution in [0.25, 0.3) is 0 Å². The highest BCUT2D eigenvalue weighted by Gasteiger charge is 2.15. The summed E-state index contributed by atoms with van der Waals surface area (Å²) in [5.41, 5.74) is 4.47. The summed E-state index contributed by atoms with van der Waals surface area (Å²) in [6.45, 7) is 1.88. The molecule has 0 atom stereocenters. The molecule has 4 rings (SSSR count). The van der Waals surface area contributed by atoms with E-state index in [1.54, 1.807) is 25.2 Å². The Morgan fingerprint density at radius 1 is 1.12 bits per heavy atom. The van der Waals surface area contributed by atoms with Crippen molar-refractivity contribution >= 4 is 40.6 Å². The number of hydrogen-bond donors (Lipinski definition) is 3. The van der Waals surface area contributed by atoms with E-state index >= 15 is 0 Å². The summed E-state index contributed by atoms with van der Waals surface area (Å²) >= 11 is 6.32. The van der Waals surface area contributed by atoms with E-state index < -0.39 is 0 Å². The number of rotatable bonds is 7. The Hall–Kier alpha value is -3.23. The van der Waals surface area contributed by atoms with Gasteiger partial charge in [-0.05, 0) is 48.2 Å². The lowest BCUT2D eigenvalue weighted by Crippen LogP contribution is -2.28. The van der Waals surface area contributed by atoms with Gasteiger partial charge in [0.25, 0.3) is 5.91 Å². The van der Waals surface area contributed by atoms with Gasteiger partial charge in [0.15, 0.2) is 5.82 Å². The molecule has 0 spiro atoms. The molecule has 9 heteroatoms. The number of amides is 1. The normalized spacial score (nSPS) is 13.7. The monoisotopic (exact) mass is 468 g/mol. The SMILES string of the molecule is CNC(=O)c1ccccc1Nc1nc(Nc2ccc3c(c2)CCN(CCF)CC3)ncc1Cl. The molecule has 0 fully saturated rings. The van der Waals surface area contributed by atoms with Crippen LogP contribution in [0.4, 0.5) is 27.5 Å². The summed E-state index contributed by atoms with van der Waals surface area (Å²) in [4.78, 5) is 23.1. The zero-order valence-electron chi connectivity index (χ0n) is 18.4. The number of carbonyl (C=O) groups is 1. The van der Waals surface area contributed by atoms with Crippen LogP contribution >= 0.6 is 11.6 Å². The number of fused-ring (bicyclic) bond motifs is 1. The van der Waals surface area contributed by atoms with E-state index in [1.807, 2.05) is 12.1 Å². The fourth-order valence-electron chi connectivity index (χ4n) is 3.89. The second-order valence-corrected chi connectivity index (χ2v) is 8.19. The van der Waals surface area contributed by atoms with Crippen molar-refractivity contribution in [2.45, 2.75) is 12.8 Å². The topological polar surface area (TPSA) is 82.2 Å². The number of carbonyl (C=O) groups excluding carboxylic acids is 1. The number of aromatic nitrogens is 2. The zero-order valence-corrected chi connectivity index (χ0v) is 19.1. The maximum atomic E-state index is 12.7. The lowest BCUT2D eigenvalue weighted by molar-refractivity contribution is 0.0964. The average Bonchev–Trinajstić information content (AvgIpc) is 3.03. The van der Waals surface area contributed by atoms with Gasteiger partial charge in [0, 0.05) is 32.4 Å². The number of hydrogen-bond acceptors (Lipinski definition) is 6. The van der Waals surface area contributed by atoms with Gasteiger partial charge in [0.05, 0.1) is 17.4 Å². The van der Waals surface area contributed by atoms with E-state index in [1.165, 1.54) is 17.3 Å². The molecule has 2 heterocycles. The molecule has 0 saturated carbocycles. The van der Waals surface area contributed by atoms with Crippen LogP contribution in [0.5, 0.6) is 0 Å². The van der Waals surface area contributed by atoms with Crippen LogP contribution in [0.2, 0.25) is 5.02 Å². The minimum Gasteiger partial charge on any atom is -0.355 e. The van der Waals surface area contributed by atoms with Gasteiger partial charge < -0.3 is 20.9 Å². The van der Waals surface area contributed by atoms with Gasteiger partial charge in [-0.25, -0.2) is 9.37 Å². The Labute approximate surface area is 197 Å². The van der Waals surface area contributed by atoms with Gasteiger partial charge >= 0.3 is 0 Å². The standard InChI is InChI=1S/C24H26ClFN6O/c1-27-23(33)19-4-2-3-5-21(19)30-22-20(25)15-28-24(31-22)29-18-7-6-16-8-11-32(13-10-26)12-9-17(16)14-18/h2-7,14-15H,8-13H2,1H3,(H,27,33)(H2,28,29,30,31). The Kier molecular flexibility index (Phi) is 7.36. The van der Waals surface area contributed by atoms with Crippen molar-refractivity contribution in [3.8, 4) is 0 Å². The van der Waals surface area contributed by atoms with Gasteiger partial charge in [-0.15, -0.1) is 0 Å². The molecule has 33 heavy (non-hydrogen) atoms. The fourth-order valence-corrected chi connectivity index (χ4v) is 4.03. The number of para-hydroxylation sites is 1. The lowest BCUT2D eigenvalue weighted by Gasteiger charge is -2.17. The second kappa shape index (κ2) is 10.6. The molecule has 0 unspecified atom stereocenters. The number of alkyl halides is 1. The Bertz CT molecular complexity index is 1140. The van der Waals surface area contributed by atoms with Gasteiger partial charge in [-0.2, -0.15) is 4.98 Å². The van der Waals surface area contributed by atoms with Crippen LogP contribution in [-0.4, -0.2) is 54.1 Å². The van der Waals surface area contributed by atoms with Crippen molar-refractivity contribution in [2.24, 2.45) is 0 Å². The minimum atomic E-state index is -0.318. The van der Waals surface area contributed by atoms with E-state index in [0.29, 0.717) is 34.6 Å². The van der Waals surface area contributed by atoms with E-state index in [2.05, 4.69) is 43.0 Å². The van der Waals surface area contributed by atoms with Gasteiger partial charge in [0.2, 0.25) is 5.95 Å². The zero-order chi connectivity index (χ0) is 23.2. The number of anilines is 4. The summed E-state index contributed by atoms with van der Waals surface area (Å²) < 4.78 is 12.7. The van der Waals surface area contributed by atoms with Gasteiger partial charge in [0.1, 0.15) is 11.7 Å². The summed E-state index contributed by atoms with van der Waals surface area (Å²) in [5, 5.41) is 9.34. The smallest absolute Gasteiger partial charge is 0.253 e. The molecule has 1 aromatic heterocycles. The van der Waals surface area contributed by atoms with Crippen molar-refractivity contribution in [1.82, 2.24) is 20.2 Å². The molecular weight excluding hydrogens is 443 g/mol. The van der Waals surface area contributed by atoms with Crippen molar-refractivity contribution in [1.29, 1.82) is 0 Å². The van der Waals surface area contributed by atoms with Crippen LogP contribution < -0.4 is 16.0 Å². The first kappa shape index (κ1) is 22.9. The minimum absolute atomic E-state index is 0.211. The van der Waals surface area contributed by atoms with Crippen LogP contribution in [0.1, 0.15) is 21.5 Å². The van der Waals surface area contributed by atoms with Crippen LogP contribution in [-0.2, 0) is 12.8 Å². The molecule has 1 aliphatic rings. The Morgan fingerprint density at radius 2 is 1.91 bits per heavy atom. The average molecular weight is 469 g/mol. The molecular formula is C24H26ClFN6O. The van der Waals surface area contributed by atoms with E-state index in [9.17, 15) is 9.18 Å². The molecule has 172 valence electrons. The van der Waals surface area contributed by atoms with E-state index in [4.69, 9.17) is 11.6 Å². The van der Waals surface area contributed by atoms with Crippen molar-refractivity contribution in [3.63, 3.8) is 0 Å². The predicted octanol–water partition coefficient (Wildman–Crippen LogP) is 4.35. The highest BCUT2D eigenvalue weighted by Crippen LogP contribution is 2.28. The quantitative estimate of drug-likeness (QED) is 0.478. The molecule has 2 aromatic carbocycles. The molecule has 1 aliphatic heterocycles. The highest BCUT2D eigenvalue weighted by atomic mass is 35.5. The molecule has 1 amide bonds. The van der Waals surface area contributed by atoms with Crippen molar-refractivity contribution in [3.05, 3.63) is 70.4 Å². The molecule has 0 saturated heterocycles. The van der Waals surface area contributed by atoms with Crippen molar-refractivity contribution < 1.29 is 9.18 Å².